The van der Waals surface area contributed by atoms with Crippen LogP contribution in [-0.4, -0.2) is 34.9 Å². The van der Waals surface area contributed by atoms with Crippen molar-refractivity contribution in [1.29, 1.82) is 0 Å². The molecular weight excluding hydrogens is 398 g/mol. The molecule has 1 amide bonds. The number of amides is 1. The number of rotatable bonds is 7. The molecule has 0 bridgehead atoms. The zero-order valence-electron chi connectivity index (χ0n) is 17.2. The number of hydrogen-bond acceptors (Lipinski definition) is 5. The molecule has 4 rings (SSSR count). The Kier molecular flexibility index (Phi) is 6.20. The molecular formula is C23H25N3O3S. The molecule has 0 saturated heterocycles. The Balaban J connectivity index is 1.54. The number of thioether (sulfide) groups is 1. The first-order valence-electron chi connectivity index (χ1n) is 10.1. The Labute approximate surface area is 179 Å². The average Bonchev–Trinajstić information content (AvgIpc) is 3.20. The highest BCUT2D eigenvalue weighted by atomic mass is 32.2. The van der Waals surface area contributed by atoms with Crippen molar-refractivity contribution in [1.82, 2.24) is 9.55 Å². The van der Waals surface area contributed by atoms with Crippen molar-refractivity contribution in [2.45, 2.75) is 37.4 Å². The van der Waals surface area contributed by atoms with E-state index < -0.39 is 0 Å². The van der Waals surface area contributed by atoms with Crippen LogP contribution in [0, 0.1) is 0 Å². The van der Waals surface area contributed by atoms with Crippen LogP contribution in [0.5, 0.6) is 0 Å². The molecule has 0 spiro atoms. The van der Waals surface area contributed by atoms with Gasteiger partial charge in [-0.15, -0.1) is 0 Å². The monoisotopic (exact) mass is 423 g/mol. The van der Waals surface area contributed by atoms with Gasteiger partial charge in [0.25, 0.3) is 5.56 Å². The van der Waals surface area contributed by atoms with E-state index in [1.165, 1.54) is 29.3 Å². The van der Waals surface area contributed by atoms with E-state index in [1.54, 1.807) is 17.7 Å². The normalized spacial score (nSPS) is 13.9. The van der Waals surface area contributed by atoms with Gasteiger partial charge in [0.2, 0.25) is 5.91 Å². The number of ether oxygens (including phenoxy) is 1. The van der Waals surface area contributed by atoms with Gasteiger partial charge in [0.1, 0.15) is 0 Å². The zero-order valence-corrected chi connectivity index (χ0v) is 18.0. The highest BCUT2D eigenvalue weighted by Gasteiger charge is 2.18. The Morgan fingerprint density at radius 2 is 2.03 bits per heavy atom. The fourth-order valence-corrected chi connectivity index (χ4v) is 4.81. The van der Waals surface area contributed by atoms with Crippen molar-refractivity contribution in [3.05, 3.63) is 63.9 Å². The lowest BCUT2D eigenvalue weighted by atomic mass is 10.1. The van der Waals surface area contributed by atoms with Crippen LogP contribution in [-0.2, 0) is 22.4 Å². The van der Waals surface area contributed by atoms with Crippen molar-refractivity contribution in [3.8, 4) is 0 Å². The molecule has 0 saturated carbocycles. The number of aromatic nitrogens is 2. The lowest BCUT2D eigenvalue weighted by Gasteiger charge is -2.18. The first-order valence-corrected chi connectivity index (χ1v) is 11.1. The number of anilines is 1. The standard InChI is InChI=1S/C23H25N3O3S/c1-15(13-29-2)26-22(28)19-8-3-4-9-20(19)25-23(26)30-14-21(27)24-18-11-10-16-6-5-7-17(16)12-18/h3-4,8-12,15H,5-7,13-14H2,1-2H3,(H,24,27)/t15-/m1/s1. The first-order chi connectivity index (χ1) is 14.6. The van der Waals surface area contributed by atoms with E-state index in [0.717, 1.165) is 18.5 Å². The van der Waals surface area contributed by atoms with Crippen molar-refractivity contribution in [2.24, 2.45) is 0 Å². The summed E-state index contributed by atoms with van der Waals surface area (Å²) in [6.45, 7) is 2.30. The number of fused-ring (bicyclic) bond motifs is 2. The maximum absolute atomic E-state index is 13.1. The summed E-state index contributed by atoms with van der Waals surface area (Å²) in [5, 5.41) is 4.05. The number of para-hydroxylation sites is 1. The second-order valence-corrected chi connectivity index (χ2v) is 8.51. The molecule has 7 heteroatoms. The predicted octanol–water partition coefficient (Wildman–Crippen LogP) is 3.82. The Morgan fingerprint density at radius 1 is 1.23 bits per heavy atom. The molecule has 1 heterocycles. The molecule has 6 nitrogen and oxygen atoms in total. The fraction of sp³-hybridized carbons (Fsp3) is 0.348. The summed E-state index contributed by atoms with van der Waals surface area (Å²) in [6.07, 6.45) is 3.36. The smallest absolute Gasteiger partial charge is 0.262 e. The molecule has 1 aliphatic rings. The highest BCUT2D eigenvalue weighted by molar-refractivity contribution is 7.99. The molecule has 1 aliphatic carbocycles. The van der Waals surface area contributed by atoms with Crippen LogP contribution in [0.3, 0.4) is 0 Å². The number of carbonyl (C=O) groups excluding carboxylic acids is 1. The maximum atomic E-state index is 13.1. The van der Waals surface area contributed by atoms with E-state index >= 15 is 0 Å². The van der Waals surface area contributed by atoms with Crippen LogP contribution in [0.15, 0.2) is 52.4 Å². The lowest BCUT2D eigenvalue weighted by molar-refractivity contribution is -0.113. The van der Waals surface area contributed by atoms with Gasteiger partial charge in [0.15, 0.2) is 5.16 Å². The van der Waals surface area contributed by atoms with Gasteiger partial charge in [-0.2, -0.15) is 0 Å². The van der Waals surface area contributed by atoms with E-state index in [2.05, 4.69) is 22.4 Å². The van der Waals surface area contributed by atoms with Crippen LogP contribution in [0.25, 0.3) is 10.9 Å². The van der Waals surface area contributed by atoms with Gasteiger partial charge < -0.3 is 10.1 Å². The third-order valence-electron chi connectivity index (χ3n) is 5.34. The van der Waals surface area contributed by atoms with Crippen molar-refractivity contribution in [2.75, 3.05) is 24.8 Å². The van der Waals surface area contributed by atoms with Gasteiger partial charge in [-0.1, -0.05) is 30.0 Å². The minimum atomic E-state index is -0.193. The first kappa shape index (κ1) is 20.6. The van der Waals surface area contributed by atoms with Crippen molar-refractivity contribution >= 4 is 34.3 Å². The SMILES string of the molecule is COC[C@@H](C)n1c(SCC(=O)Nc2ccc3c(c2)CCC3)nc2ccccc2c1=O. The third-order valence-corrected chi connectivity index (χ3v) is 6.29. The third kappa shape index (κ3) is 4.27. The molecule has 1 atom stereocenters. The summed E-state index contributed by atoms with van der Waals surface area (Å²) in [5.41, 5.74) is 4.02. The number of nitrogens with zero attached hydrogens (tertiary/aromatic N) is 2. The van der Waals surface area contributed by atoms with Gasteiger partial charge in [-0.3, -0.25) is 14.2 Å². The number of nitrogens with one attached hydrogen (secondary N) is 1. The van der Waals surface area contributed by atoms with Crippen LogP contribution in [0.2, 0.25) is 0 Å². The Morgan fingerprint density at radius 3 is 2.87 bits per heavy atom. The average molecular weight is 424 g/mol. The van der Waals surface area contributed by atoms with E-state index in [-0.39, 0.29) is 23.3 Å². The minimum absolute atomic E-state index is 0.119. The zero-order chi connectivity index (χ0) is 21.1. The number of benzene rings is 2. The van der Waals surface area contributed by atoms with Crippen LogP contribution < -0.4 is 10.9 Å². The summed E-state index contributed by atoms with van der Waals surface area (Å²) in [7, 11) is 1.60. The molecule has 0 aliphatic heterocycles. The summed E-state index contributed by atoms with van der Waals surface area (Å²) >= 11 is 1.27. The quantitative estimate of drug-likeness (QED) is 0.462. The van der Waals surface area contributed by atoms with E-state index in [4.69, 9.17) is 4.74 Å². The maximum Gasteiger partial charge on any atom is 0.262 e. The summed E-state index contributed by atoms with van der Waals surface area (Å²) in [6, 6.07) is 13.2. The van der Waals surface area contributed by atoms with Gasteiger partial charge in [-0.05, 0) is 61.6 Å². The van der Waals surface area contributed by atoms with Crippen LogP contribution in [0.1, 0.15) is 30.5 Å². The molecule has 1 N–H and O–H groups in total. The van der Waals surface area contributed by atoms with Gasteiger partial charge in [0.05, 0.1) is 29.3 Å². The van der Waals surface area contributed by atoms with Gasteiger partial charge in [0, 0.05) is 12.8 Å². The van der Waals surface area contributed by atoms with Gasteiger partial charge in [-0.25, -0.2) is 4.98 Å². The summed E-state index contributed by atoms with van der Waals surface area (Å²) in [4.78, 5) is 30.3. The van der Waals surface area contributed by atoms with Crippen LogP contribution >= 0.6 is 11.8 Å². The Hall–Kier alpha value is -2.64. The second-order valence-electron chi connectivity index (χ2n) is 7.56. The lowest BCUT2D eigenvalue weighted by Crippen LogP contribution is -2.29. The van der Waals surface area contributed by atoms with E-state index in [1.807, 2.05) is 31.2 Å². The highest BCUT2D eigenvalue weighted by Crippen LogP contribution is 2.26. The minimum Gasteiger partial charge on any atom is -0.383 e. The van der Waals surface area contributed by atoms with Crippen LogP contribution in [0.4, 0.5) is 5.69 Å². The second kappa shape index (κ2) is 9.02. The summed E-state index contributed by atoms with van der Waals surface area (Å²) in [5.74, 6) is 0.0491. The number of methoxy groups -OCH3 is 1. The largest absolute Gasteiger partial charge is 0.383 e. The topological polar surface area (TPSA) is 73.2 Å². The molecule has 156 valence electrons. The molecule has 3 aromatic rings. The van der Waals surface area contributed by atoms with Gasteiger partial charge >= 0.3 is 0 Å². The summed E-state index contributed by atoms with van der Waals surface area (Å²) < 4.78 is 6.87. The van der Waals surface area contributed by atoms with E-state index in [0.29, 0.717) is 22.7 Å². The van der Waals surface area contributed by atoms with Crippen molar-refractivity contribution < 1.29 is 9.53 Å². The molecule has 0 radical (unpaired) electrons. The molecule has 0 unspecified atom stereocenters. The molecule has 1 aromatic heterocycles. The van der Waals surface area contributed by atoms with Crippen molar-refractivity contribution in [3.63, 3.8) is 0 Å². The predicted molar refractivity (Wildman–Crippen MR) is 120 cm³/mol. The fourth-order valence-electron chi connectivity index (χ4n) is 3.91. The molecule has 2 aromatic carbocycles. The molecule has 30 heavy (non-hydrogen) atoms. The van der Waals surface area contributed by atoms with E-state index in [9.17, 15) is 9.59 Å². The Bertz CT molecular complexity index is 1140. The molecule has 0 fully saturated rings. The number of hydrogen-bond donors (Lipinski definition) is 1. The number of aryl methyl sites for hydroxylation is 2. The number of carbonyl (C=O) groups is 1.